The average Bonchev–Trinajstić information content (AvgIpc) is 2.59. The van der Waals surface area contributed by atoms with E-state index in [1.54, 1.807) is 4.90 Å². The number of nitro groups is 1. The number of hydrogen-bond acceptors (Lipinski definition) is 5. The fourth-order valence-electron chi connectivity index (χ4n) is 2.37. The van der Waals surface area contributed by atoms with E-state index in [-0.39, 0.29) is 26.7 Å². The number of carbonyl (C=O) groups is 2. The lowest BCUT2D eigenvalue weighted by Crippen LogP contribution is -2.41. The van der Waals surface area contributed by atoms with Crippen molar-refractivity contribution < 1.29 is 14.5 Å². The minimum Gasteiger partial charge on any atom is -0.337 e. The maximum absolute atomic E-state index is 12.5. The Hall–Kier alpha value is -1.87. The van der Waals surface area contributed by atoms with Crippen LogP contribution in [0.15, 0.2) is 33.8 Å². The molecule has 0 radical (unpaired) electrons. The van der Waals surface area contributed by atoms with Gasteiger partial charge in [-0.15, -0.1) is 12.6 Å². The summed E-state index contributed by atoms with van der Waals surface area (Å²) in [6, 6.07) is 5.15. The van der Waals surface area contributed by atoms with E-state index in [1.807, 2.05) is 0 Å². The Labute approximate surface area is 152 Å². The molecule has 0 bridgehead atoms. The van der Waals surface area contributed by atoms with Crippen LogP contribution in [-0.4, -0.2) is 34.7 Å². The van der Waals surface area contributed by atoms with Gasteiger partial charge in [-0.2, -0.15) is 0 Å². The zero-order valence-electron chi connectivity index (χ0n) is 12.7. The molecule has 1 heterocycles. The molecule has 1 aliphatic heterocycles. The first-order chi connectivity index (χ1) is 11.4. The van der Waals surface area contributed by atoms with Crippen LogP contribution in [0.3, 0.4) is 0 Å². The highest BCUT2D eigenvalue weighted by atomic mass is 79.9. The van der Waals surface area contributed by atoms with Crippen LogP contribution >= 0.6 is 28.6 Å². The van der Waals surface area contributed by atoms with E-state index < -0.39 is 10.8 Å². The normalized spacial score (nSPS) is 15.5. The quantitative estimate of drug-likeness (QED) is 0.343. The molecule has 0 aromatic heterocycles. The molecule has 0 atom stereocenters. The number of nitrogens with zero attached hydrogens (tertiary/aromatic N) is 2. The lowest BCUT2D eigenvalue weighted by Gasteiger charge is -2.27. The molecule has 0 aliphatic carbocycles. The third kappa shape index (κ3) is 4.57. The van der Waals surface area contributed by atoms with E-state index in [9.17, 15) is 19.7 Å². The maximum atomic E-state index is 12.5. The summed E-state index contributed by atoms with van der Waals surface area (Å²) in [6.07, 6.45) is 2.94. The number of nitro benzene ring substituents is 1. The second kappa shape index (κ2) is 8.29. The van der Waals surface area contributed by atoms with Gasteiger partial charge in [-0.3, -0.25) is 19.7 Å². The molecule has 2 rings (SSSR count). The molecular formula is C15H16BrN3O4S. The Kier molecular flexibility index (Phi) is 6.38. The van der Waals surface area contributed by atoms with Gasteiger partial charge in [-0.1, -0.05) is 0 Å². The van der Waals surface area contributed by atoms with Crippen LogP contribution in [0.4, 0.5) is 5.69 Å². The molecule has 24 heavy (non-hydrogen) atoms. The van der Waals surface area contributed by atoms with Crippen LogP contribution in [0.25, 0.3) is 0 Å². The Morgan fingerprint density at radius 1 is 1.17 bits per heavy atom. The van der Waals surface area contributed by atoms with Crippen LogP contribution < -0.4 is 5.32 Å². The molecule has 1 fully saturated rings. The largest absolute Gasteiger partial charge is 0.337 e. The number of benzene rings is 1. The summed E-state index contributed by atoms with van der Waals surface area (Å²) in [5, 5.41) is 13.2. The molecule has 1 N–H and O–H groups in total. The van der Waals surface area contributed by atoms with Gasteiger partial charge in [0.05, 0.1) is 8.74 Å². The van der Waals surface area contributed by atoms with Gasteiger partial charge < -0.3 is 10.2 Å². The molecule has 1 aromatic rings. The number of non-ortho nitro benzene ring substituents is 1. The second-order valence-electron chi connectivity index (χ2n) is 5.28. The molecule has 0 saturated carbocycles. The first-order valence-corrected chi connectivity index (χ1v) is 8.58. The van der Waals surface area contributed by atoms with Gasteiger partial charge in [-0.25, -0.2) is 0 Å². The SMILES string of the molecule is O=C(N/C(C(=O)N1CCCCC1)=C(/S)Br)c1ccc([N+](=O)[O-])cc1. The van der Waals surface area contributed by atoms with E-state index in [0.717, 1.165) is 19.3 Å². The summed E-state index contributed by atoms with van der Waals surface area (Å²) in [6.45, 7) is 1.29. The third-order valence-electron chi connectivity index (χ3n) is 3.64. The van der Waals surface area contributed by atoms with Gasteiger partial charge in [0.15, 0.2) is 0 Å². The predicted octanol–water partition coefficient (Wildman–Crippen LogP) is 2.83. The second-order valence-corrected chi connectivity index (χ2v) is 7.13. The Balaban J connectivity index is 2.12. The Morgan fingerprint density at radius 3 is 2.25 bits per heavy atom. The van der Waals surface area contributed by atoms with Crippen molar-refractivity contribution in [1.29, 1.82) is 0 Å². The van der Waals surface area contributed by atoms with E-state index in [1.165, 1.54) is 24.3 Å². The highest BCUT2D eigenvalue weighted by Crippen LogP contribution is 2.20. The minimum atomic E-state index is -0.544. The monoisotopic (exact) mass is 413 g/mol. The molecule has 0 unspecified atom stereocenters. The van der Waals surface area contributed by atoms with Gasteiger partial charge in [0.2, 0.25) is 0 Å². The molecule has 1 aromatic carbocycles. The number of piperidine rings is 1. The lowest BCUT2D eigenvalue weighted by molar-refractivity contribution is -0.384. The topological polar surface area (TPSA) is 92.6 Å². The van der Waals surface area contributed by atoms with Crippen LogP contribution in [-0.2, 0) is 4.79 Å². The number of amides is 2. The number of thiol groups is 1. The van der Waals surface area contributed by atoms with Crippen molar-refractivity contribution in [2.75, 3.05) is 13.1 Å². The smallest absolute Gasteiger partial charge is 0.272 e. The first-order valence-electron chi connectivity index (χ1n) is 7.34. The Morgan fingerprint density at radius 2 is 1.75 bits per heavy atom. The molecule has 7 nitrogen and oxygen atoms in total. The molecule has 128 valence electrons. The summed E-state index contributed by atoms with van der Waals surface area (Å²) in [5.74, 6) is -0.830. The summed E-state index contributed by atoms with van der Waals surface area (Å²) < 4.78 is 0.230. The fraction of sp³-hybridized carbons (Fsp3) is 0.333. The number of likely N-dealkylation sites (tertiary alicyclic amines) is 1. The molecule has 2 amide bonds. The van der Waals surface area contributed by atoms with Crippen LogP contribution in [0.5, 0.6) is 0 Å². The van der Waals surface area contributed by atoms with E-state index in [0.29, 0.717) is 13.1 Å². The number of nitrogens with one attached hydrogen (secondary N) is 1. The molecule has 1 saturated heterocycles. The standard InChI is InChI=1S/C15H16BrN3O4S/c16-13(24)12(15(21)18-8-2-1-3-9-18)17-14(20)10-4-6-11(7-5-10)19(22)23/h4-7,24H,1-3,8-9H2,(H,17,20)/b13-12+. The van der Waals surface area contributed by atoms with Gasteiger partial charge >= 0.3 is 0 Å². The van der Waals surface area contributed by atoms with Crippen molar-refractivity contribution in [1.82, 2.24) is 10.2 Å². The van der Waals surface area contributed by atoms with Gasteiger partial charge in [-0.05, 0) is 47.3 Å². The van der Waals surface area contributed by atoms with Crippen molar-refractivity contribution in [3.8, 4) is 0 Å². The lowest BCUT2D eigenvalue weighted by atomic mass is 10.1. The predicted molar refractivity (Wildman–Crippen MR) is 95.9 cm³/mol. The van der Waals surface area contributed by atoms with Crippen molar-refractivity contribution in [2.24, 2.45) is 0 Å². The van der Waals surface area contributed by atoms with E-state index in [4.69, 9.17) is 0 Å². The van der Waals surface area contributed by atoms with E-state index >= 15 is 0 Å². The summed E-state index contributed by atoms with van der Waals surface area (Å²) in [5.41, 5.74) is 0.164. The molecule has 1 aliphatic rings. The van der Waals surface area contributed by atoms with Crippen molar-refractivity contribution in [3.63, 3.8) is 0 Å². The fourth-order valence-corrected chi connectivity index (χ4v) is 2.79. The number of hydrogen-bond donors (Lipinski definition) is 2. The van der Waals surface area contributed by atoms with Crippen molar-refractivity contribution in [3.05, 3.63) is 49.5 Å². The van der Waals surface area contributed by atoms with Crippen LogP contribution in [0.1, 0.15) is 29.6 Å². The zero-order chi connectivity index (χ0) is 17.7. The summed E-state index contributed by atoms with van der Waals surface area (Å²) >= 11 is 7.26. The number of halogens is 1. The summed E-state index contributed by atoms with van der Waals surface area (Å²) in [4.78, 5) is 36.6. The minimum absolute atomic E-state index is 0.0589. The van der Waals surface area contributed by atoms with Crippen molar-refractivity contribution in [2.45, 2.75) is 19.3 Å². The zero-order valence-corrected chi connectivity index (χ0v) is 15.2. The van der Waals surface area contributed by atoms with Crippen molar-refractivity contribution >= 4 is 46.1 Å². The van der Waals surface area contributed by atoms with Crippen LogP contribution in [0, 0.1) is 10.1 Å². The van der Waals surface area contributed by atoms with Gasteiger partial charge in [0.25, 0.3) is 17.5 Å². The summed E-state index contributed by atoms with van der Waals surface area (Å²) in [7, 11) is 0. The van der Waals surface area contributed by atoms with Gasteiger partial charge in [0.1, 0.15) is 5.70 Å². The molecule has 0 spiro atoms. The van der Waals surface area contributed by atoms with Crippen LogP contribution in [0.2, 0.25) is 0 Å². The first kappa shape index (κ1) is 18.5. The Bertz CT molecular complexity index is 680. The highest BCUT2D eigenvalue weighted by Gasteiger charge is 2.24. The third-order valence-corrected chi connectivity index (χ3v) is 4.26. The average molecular weight is 414 g/mol. The maximum Gasteiger partial charge on any atom is 0.272 e. The van der Waals surface area contributed by atoms with E-state index in [2.05, 4.69) is 33.9 Å². The molecular weight excluding hydrogens is 398 g/mol. The highest BCUT2D eigenvalue weighted by molar-refractivity contribution is 9.13. The van der Waals surface area contributed by atoms with Gasteiger partial charge in [0, 0.05) is 30.8 Å². The number of rotatable bonds is 4. The molecule has 9 heteroatoms. The number of carbonyl (C=O) groups excluding carboxylic acids is 2.